The van der Waals surface area contributed by atoms with E-state index in [1.54, 1.807) is 11.0 Å². The summed E-state index contributed by atoms with van der Waals surface area (Å²) in [4.78, 5) is 8.19. The third kappa shape index (κ3) is 1.40. The summed E-state index contributed by atoms with van der Waals surface area (Å²) in [6, 6.07) is 3.91. The Morgan fingerprint density at radius 1 is 1.38 bits per heavy atom. The molecule has 0 atom stereocenters. The van der Waals surface area contributed by atoms with Crippen molar-refractivity contribution in [3.63, 3.8) is 0 Å². The largest absolute Gasteiger partial charge is 0.395 e. The van der Waals surface area contributed by atoms with Crippen molar-refractivity contribution in [2.24, 2.45) is 0 Å². The number of nitrogens with zero attached hydrogens (tertiary/aromatic N) is 4. The first-order valence-electron chi connectivity index (χ1n) is 5.26. The topological polar surface area (TPSA) is 63.8 Å². The maximum absolute atomic E-state index is 9.31. The van der Waals surface area contributed by atoms with Crippen molar-refractivity contribution in [1.29, 1.82) is 0 Å². The molecule has 0 saturated heterocycles. The normalized spacial score (nSPS) is 17.3. The molecule has 1 fully saturated rings. The fourth-order valence-corrected chi connectivity index (χ4v) is 1.85. The summed E-state index contributed by atoms with van der Waals surface area (Å²) in [6.45, 7) is 0.206. The second-order valence-corrected chi connectivity index (χ2v) is 4.18. The molecular weight excluding hydrogens is 204 g/mol. The van der Waals surface area contributed by atoms with Crippen LogP contribution < -0.4 is 0 Å². The summed E-state index contributed by atoms with van der Waals surface area (Å²) in [7, 11) is 0. The maximum atomic E-state index is 9.31. The minimum absolute atomic E-state index is 0.0199. The molecule has 2 aromatic rings. The zero-order valence-corrected chi connectivity index (χ0v) is 8.74. The summed E-state index contributed by atoms with van der Waals surface area (Å²) in [5.74, 6) is 0.745. The van der Waals surface area contributed by atoms with Crippen molar-refractivity contribution in [2.45, 2.75) is 18.3 Å². The lowest BCUT2D eigenvalue weighted by Gasteiger charge is -2.11. The predicted molar refractivity (Wildman–Crippen MR) is 57.2 cm³/mol. The van der Waals surface area contributed by atoms with Crippen molar-refractivity contribution in [1.82, 2.24) is 19.7 Å². The van der Waals surface area contributed by atoms with Gasteiger partial charge in [-0.3, -0.25) is 0 Å². The molecule has 82 valence electrons. The molecule has 5 heteroatoms. The third-order valence-corrected chi connectivity index (χ3v) is 3.17. The zero-order chi connectivity index (χ0) is 11.0. The highest BCUT2D eigenvalue weighted by Crippen LogP contribution is 2.47. The van der Waals surface area contributed by atoms with Crippen molar-refractivity contribution in [3.8, 4) is 5.82 Å². The molecule has 5 nitrogen and oxygen atoms in total. The molecular formula is C11H12N4O. The first-order chi connectivity index (χ1) is 7.84. The zero-order valence-electron chi connectivity index (χ0n) is 8.74. The Morgan fingerprint density at radius 2 is 2.25 bits per heavy atom. The van der Waals surface area contributed by atoms with Gasteiger partial charge >= 0.3 is 0 Å². The van der Waals surface area contributed by atoms with Crippen LogP contribution in [0.25, 0.3) is 5.82 Å². The van der Waals surface area contributed by atoms with E-state index in [0.717, 1.165) is 24.2 Å². The van der Waals surface area contributed by atoms with E-state index in [-0.39, 0.29) is 12.0 Å². The highest BCUT2D eigenvalue weighted by atomic mass is 16.3. The average molecular weight is 216 g/mol. The van der Waals surface area contributed by atoms with Gasteiger partial charge in [-0.05, 0) is 24.5 Å². The first kappa shape index (κ1) is 9.47. The average Bonchev–Trinajstić information content (AvgIpc) is 2.96. The lowest BCUT2D eigenvalue weighted by Crippen LogP contribution is -2.12. The van der Waals surface area contributed by atoms with Crippen molar-refractivity contribution < 1.29 is 5.11 Å². The third-order valence-electron chi connectivity index (χ3n) is 3.17. The summed E-state index contributed by atoms with van der Waals surface area (Å²) >= 11 is 0. The molecule has 0 amide bonds. The van der Waals surface area contributed by atoms with E-state index in [2.05, 4.69) is 15.1 Å². The molecule has 1 N–H and O–H groups in total. The van der Waals surface area contributed by atoms with E-state index < -0.39 is 0 Å². The van der Waals surface area contributed by atoms with Crippen LogP contribution in [-0.4, -0.2) is 31.5 Å². The number of hydrogen-bond acceptors (Lipinski definition) is 4. The van der Waals surface area contributed by atoms with E-state index in [1.165, 1.54) is 6.33 Å². The van der Waals surface area contributed by atoms with Crippen LogP contribution in [0.2, 0.25) is 0 Å². The van der Waals surface area contributed by atoms with Gasteiger partial charge in [0.25, 0.3) is 0 Å². The van der Waals surface area contributed by atoms with Gasteiger partial charge in [-0.2, -0.15) is 5.10 Å². The van der Waals surface area contributed by atoms with Crippen molar-refractivity contribution >= 4 is 0 Å². The van der Waals surface area contributed by atoms with Gasteiger partial charge < -0.3 is 5.11 Å². The number of rotatable bonds is 3. The van der Waals surface area contributed by atoms with Crippen molar-refractivity contribution in [2.75, 3.05) is 6.61 Å². The Labute approximate surface area is 92.8 Å². The molecule has 0 bridgehead atoms. The van der Waals surface area contributed by atoms with Crippen LogP contribution in [0.4, 0.5) is 0 Å². The predicted octanol–water partition coefficient (Wildman–Crippen LogP) is 0.686. The molecule has 1 aliphatic carbocycles. The standard InChI is InChI=1S/C11H12N4O/c16-6-11(3-4-11)9-1-2-10(13-5-9)15-8-12-7-14-15/h1-2,5,7-8,16H,3-4,6H2. The van der Waals surface area contributed by atoms with E-state index >= 15 is 0 Å². The van der Waals surface area contributed by atoms with Gasteiger partial charge in [-0.1, -0.05) is 6.07 Å². The van der Waals surface area contributed by atoms with Gasteiger partial charge in [0.1, 0.15) is 12.7 Å². The minimum atomic E-state index is -0.0199. The lowest BCUT2D eigenvalue weighted by atomic mass is 9.99. The monoisotopic (exact) mass is 216 g/mol. The second-order valence-electron chi connectivity index (χ2n) is 4.18. The molecule has 2 heterocycles. The van der Waals surface area contributed by atoms with Gasteiger partial charge in [-0.25, -0.2) is 14.6 Å². The number of pyridine rings is 1. The Hall–Kier alpha value is -1.75. The molecule has 0 aliphatic heterocycles. The van der Waals surface area contributed by atoms with E-state index in [4.69, 9.17) is 0 Å². The first-order valence-corrected chi connectivity index (χ1v) is 5.26. The molecule has 16 heavy (non-hydrogen) atoms. The van der Waals surface area contributed by atoms with E-state index in [9.17, 15) is 5.11 Å². The summed E-state index contributed by atoms with van der Waals surface area (Å²) in [5, 5.41) is 13.3. The number of aliphatic hydroxyl groups is 1. The van der Waals surface area contributed by atoms with Crippen LogP contribution in [0.1, 0.15) is 18.4 Å². The molecule has 1 aliphatic rings. The number of hydrogen-bond donors (Lipinski definition) is 1. The Morgan fingerprint density at radius 3 is 2.75 bits per heavy atom. The SMILES string of the molecule is OCC1(c2ccc(-n3cncn3)nc2)CC1. The quantitative estimate of drug-likeness (QED) is 0.819. The number of aromatic nitrogens is 4. The fraction of sp³-hybridized carbons (Fsp3) is 0.364. The molecule has 3 rings (SSSR count). The lowest BCUT2D eigenvalue weighted by molar-refractivity contribution is 0.255. The Bertz CT molecular complexity index is 473. The molecule has 0 aromatic carbocycles. The van der Waals surface area contributed by atoms with Gasteiger partial charge in [0.05, 0.1) is 6.61 Å². The number of aliphatic hydroxyl groups excluding tert-OH is 1. The molecule has 2 aromatic heterocycles. The highest BCUT2D eigenvalue weighted by Gasteiger charge is 2.43. The summed E-state index contributed by atoms with van der Waals surface area (Å²) < 4.78 is 1.61. The van der Waals surface area contributed by atoms with E-state index in [0.29, 0.717) is 0 Å². The Balaban J connectivity index is 1.91. The maximum Gasteiger partial charge on any atom is 0.155 e. The van der Waals surface area contributed by atoms with Crippen LogP contribution >= 0.6 is 0 Å². The summed E-state index contributed by atoms with van der Waals surface area (Å²) in [5.41, 5.74) is 1.09. The van der Waals surface area contributed by atoms with Crippen LogP contribution in [0, 0.1) is 0 Å². The molecule has 0 radical (unpaired) electrons. The van der Waals surface area contributed by atoms with Gasteiger partial charge in [0, 0.05) is 11.6 Å². The van der Waals surface area contributed by atoms with E-state index in [1.807, 2.05) is 18.3 Å². The van der Waals surface area contributed by atoms with Crippen LogP contribution in [0.15, 0.2) is 31.0 Å². The smallest absolute Gasteiger partial charge is 0.155 e. The second kappa shape index (κ2) is 3.38. The fourth-order valence-electron chi connectivity index (χ4n) is 1.85. The molecule has 0 spiro atoms. The van der Waals surface area contributed by atoms with Crippen LogP contribution in [0.5, 0.6) is 0 Å². The summed E-state index contributed by atoms with van der Waals surface area (Å²) in [6.07, 6.45) is 7.01. The highest BCUT2D eigenvalue weighted by molar-refractivity contribution is 5.33. The Kier molecular flexibility index (Phi) is 2.00. The van der Waals surface area contributed by atoms with Crippen LogP contribution in [-0.2, 0) is 5.41 Å². The van der Waals surface area contributed by atoms with Gasteiger partial charge in [0.2, 0.25) is 0 Å². The minimum Gasteiger partial charge on any atom is -0.395 e. The van der Waals surface area contributed by atoms with Crippen LogP contribution in [0.3, 0.4) is 0 Å². The van der Waals surface area contributed by atoms with Gasteiger partial charge in [-0.15, -0.1) is 0 Å². The van der Waals surface area contributed by atoms with Gasteiger partial charge in [0.15, 0.2) is 5.82 Å². The molecule has 0 unspecified atom stereocenters. The molecule has 1 saturated carbocycles. The van der Waals surface area contributed by atoms with Crippen molar-refractivity contribution in [3.05, 3.63) is 36.5 Å².